The van der Waals surface area contributed by atoms with Crippen LogP contribution < -0.4 is 10.6 Å². The lowest BCUT2D eigenvalue weighted by Crippen LogP contribution is -2.61. The maximum absolute atomic E-state index is 12.0. The first kappa shape index (κ1) is 14.5. The quantitative estimate of drug-likeness (QED) is 0.749. The van der Waals surface area contributed by atoms with Crippen LogP contribution in [0.4, 0.5) is 0 Å². The number of rotatable bonds is 5. The summed E-state index contributed by atoms with van der Waals surface area (Å²) in [5.74, 6) is 0.792. The van der Waals surface area contributed by atoms with Gasteiger partial charge in [-0.2, -0.15) is 0 Å². The van der Waals surface area contributed by atoms with Crippen molar-refractivity contribution in [3.63, 3.8) is 0 Å². The van der Waals surface area contributed by atoms with E-state index in [0.717, 1.165) is 26.1 Å². The highest BCUT2D eigenvalue weighted by Crippen LogP contribution is 2.18. The molecule has 0 spiro atoms. The Balaban J connectivity index is 2.68. The topological polar surface area (TPSA) is 44.4 Å². The molecule has 0 aromatic rings. The molecule has 0 radical (unpaired) electrons. The zero-order valence-electron chi connectivity index (χ0n) is 11.6. The van der Waals surface area contributed by atoms with Gasteiger partial charge in [0, 0.05) is 32.2 Å². The molecule has 0 aliphatic carbocycles. The van der Waals surface area contributed by atoms with Gasteiger partial charge in [-0.05, 0) is 19.8 Å². The first-order valence-corrected chi connectivity index (χ1v) is 6.85. The second-order valence-corrected chi connectivity index (χ2v) is 4.98. The minimum absolute atomic E-state index is 0.00676. The van der Waals surface area contributed by atoms with Crippen LogP contribution in [0.15, 0.2) is 0 Å². The van der Waals surface area contributed by atoms with Gasteiger partial charge in [-0.1, -0.05) is 20.3 Å². The average Bonchev–Trinajstić information content (AvgIpc) is 2.37. The molecule has 0 aromatic carbocycles. The van der Waals surface area contributed by atoms with Crippen molar-refractivity contribution in [2.45, 2.75) is 46.2 Å². The number of amides is 1. The summed E-state index contributed by atoms with van der Waals surface area (Å²) < 4.78 is 0. The summed E-state index contributed by atoms with van der Waals surface area (Å²) in [6.45, 7) is 12.1. The number of nitrogens with zero attached hydrogens (tertiary/aromatic N) is 1. The van der Waals surface area contributed by atoms with Crippen molar-refractivity contribution in [2.75, 3.05) is 26.2 Å². The summed E-state index contributed by atoms with van der Waals surface area (Å²) >= 11 is 0. The van der Waals surface area contributed by atoms with E-state index in [1.54, 1.807) is 0 Å². The molecule has 1 rings (SSSR count). The van der Waals surface area contributed by atoms with E-state index < -0.39 is 0 Å². The number of hydrogen-bond donors (Lipinski definition) is 2. The van der Waals surface area contributed by atoms with Gasteiger partial charge in [-0.25, -0.2) is 0 Å². The number of likely N-dealkylation sites (N-methyl/N-ethyl adjacent to an activating group) is 1. The molecule has 1 aliphatic heterocycles. The predicted octanol–water partition coefficient (Wildman–Crippen LogP) is 0.831. The monoisotopic (exact) mass is 241 g/mol. The minimum atomic E-state index is -0.00676. The summed E-state index contributed by atoms with van der Waals surface area (Å²) in [6.07, 6.45) is 1.16. The second kappa shape index (κ2) is 6.97. The molecule has 0 aromatic heterocycles. The molecule has 1 aliphatic rings. The third-order valence-corrected chi connectivity index (χ3v) is 3.93. The van der Waals surface area contributed by atoms with E-state index in [0.29, 0.717) is 18.5 Å². The predicted molar refractivity (Wildman–Crippen MR) is 71.0 cm³/mol. The van der Waals surface area contributed by atoms with E-state index in [9.17, 15) is 4.79 Å². The maximum Gasteiger partial charge on any atom is 0.238 e. The summed E-state index contributed by atoms with van der Waals surface area (Å²) in [4.78, 5) is 14.4. The minimum Gasteiger partial charge on any atom is -0.355 e. The Hall–Kier alpha value is -0.610. The van der Waals surface area contributed by atoms with Gasteiger partial charge in [0.05, 0.1) is 0 Å². The number of nitrogens with one attached hydrogen (secondary N) is 2. The van der Waals surface area contributed by atoms with Crippen molar-refractivity contribution in [3.8, 4) is 0 Å². The average molecular weight is 241 g/mol. The van der Waals surface area contributed by atoms with Crippen molar-refractivity contribution < 1.29 is 4.79 Å². The Morgan fingerprint density at radius 3 is 2.76 bits per heavy atom. The smallest absolute Gasteiger partial charge is 0.238 e. The van der Waals surface area contributed by atoms with Crippen LogP contribution in [-0.2, 0) is 4.79 Å². The zero-order chi connectivity index (χ0) is 12.8. The summed E-state index contributed by atoms with van der Waals surface area (Å²) in [5.41, 5.74) is 0. The molecule has 1 saturated heterocycles. The normalized spacial score (nSPS) is 25.3. The van der Waals surface area contributed by atoms with Crippen LogP contribution in [0.1, 0.15) is 34.1 Å². The number of carbonyl (C=O) groups is 1. The standard InChI is InChI=1S/C13H27N3O/c1-5-10(3)11(4)16-8-7-14-9-12(16)13(17)15-6-2/h10-12,14H,5-9H2,1-4H3,(H,15,17). The SMILES string of the molecule is CCNC(=O)C1CNCCN1C(C)C(C)CC. The van der Waals surface area contributed by atoms with Crippen molar-refractivity contribution >= 4 is 5.91 Å². The zero-order valence-corrected chi connectivity index (χ0v) is 11.6. The van der Waals surface area contributed by atoms with Crippen molar-refractivity contribution in [3.05, 3.63) is 0 Å². The van der Waals surface area contributed by atoms with Gasteiger partial charge in [-0.3, -0.25) is 9.69 Å². The fourth-order valence-electron chi connectivity index (χ4n) is 2.41. The molecule has 1 amide bonds. The first-order chi connectivity index (χ1) is 8.11. The number of carbonyl (C=O) groups excluding carboxylic acids is 1. The van der Waals surface area contributed by atoms with Crippen LogP contribution in [0.2, 0.25) is 0 Å². The molecule has 1 heterocycles. The highest BCUT2D eigenvalue weighted by atomic mass is 16.2. The third-order valence-electron chi connectivity index (χ3n) is 3.93. The Bertz CT molecular complexity index is 245. The third kappa shape index (κ3) is 3.68. The van der Waals surface area contributed by atoms with Gasteiger partial charge in [0.25, 0.3) is 0 Å². The lowest BCUT2D eigenvalue weighted by molar-refractivity contribution is -0.128. The van der Waals surface area contributed by atoms with Gasteiger partial charge >= 0.3 is 0 Å². The molecular formula is C13H27N3O. The second-order valence-electron chi connectivity index (χ2n) is 4.98. The fraction of sp³-hybridized carbons (Fsp3) is 0.923. The molecule has 0 bridgehead atoms. The first-order valence-electron chi connectivity index (χ1n) is 6.85. The molecule has 1 fully saturated rings. The van der Waals surface area contributed by atoms with E-state index >= 15 is 0 Å². The Kier molecular flexibility index (Phi) is 5.92. The highest BCUT2D eigenvalue weighted by Gasteiger charge is 2.32. The van der Waals surface area contributed by atoms with Crippen LogP contribution >= 0.6 is 0 Å². The fourth-order valence-corrected chi connectivity index (χ4v) is 2.41. The number of hydrogen-bond acceptors (Lipinski definition) is 3. The summed E-state index contributed by atoms with van der Waals surface area (Å²) in [6, 6.07) is 0.461. The summed E-state index contributed by atoms with van der Waals surface area (Å²) in [5, 5.41) is 6.25. The molecule has 100 valence electrons. The van der Waals surface area contributed by atoms with Gasteiger partial charge in [0.15, 0.2) is 0 Å². The molecular weight excluding hydrogens is 214 g/mol. The van der Waals surface area contributed by atoms with Gasteiger partial charge in [0.1, 0.15) is 6.04 Å². The molecule has 3 unspecified atom stereocenters. The van der Waals surface area contributed by atoms with Gasteiger partial charge in [0.2, 0.25) is 5.91 Å². The molecule has 3 atom stereocenters. The maximum atomic E-state index is 12.0. The summed E-state index contributed by atoms with van der Waals surface area (Å²) in [7, 11) is 0. The van der Waals surface area contributed by atoms with Crippen molar-refractivity contribution in [1.29, 1.82) is 0 Å². The van der Waals surface area contributed by atoms with Crippen molar-refractivity contribution in [1.82, 2.24) is 15.5 Å². The Morgan fingerprint density at radius 1 is 1.47 bits per heavy atom. The van der Waals surface area contributed by atoms with Crippen molar-refractivity contribution in [2.24, 2.45) is 5.92 Å². The molecule has 2 N–H and O–H groups in total. The molecule has 4 heteroatoms. The largest absolute Gasteiger partial charge is 0.355 e. The van der Waals surface area contributed by atoms with Gasteiger partial charge < -0.3 is 10.6 Å². The van der Waals surface area contributed by atoms with E-state index in [1.165, 1.54) is 0 Å². The van der Waals surface area contributed by atoms with Gasteiger partial charge in [-0.15, -0.1) is 0 Å². The highest BCUT2D eigenvalue weighted by molar-refractivity contribution is 5.82. The van der Waals surface area contributed by atoms with E-state index in [1.807, 2.05) is 6.92 Å². The molecule has 4 nitrogen and oxygen atoms in total. The van der Waals surface area contributed by atoms with E-state index in [-0.39, 0.29) is 11.9 Å². The van der Waals surface area contributed by atoms with E-state index in [2.05, 4.69) is 36.3 Å². The Labute approximate surface area is 105 Å². The Morgan fingerprint density at radius 2 is 2.18 bits per heavy atom. The molecule has 17 heavy (non-hydrogen) atoms. The van der Waals surface area contributed by atoms with Crippen LogP contribution in [0.25, 0.3) is 0 Å². The van der Waals surface area contributed by atoms with E-state index in [4.69, 9.17) is 0 Å². The lowest BCUT2D eigenvalue weighted by Gasteiger charge is -2.41. The van der Waals surface area contributed by atoms with Crippen LogP contribution in [0, 0.1) is 5.92 Å². The van der Waals surface area contributed by atoms with Crippen LogP contribution in [-0.4, -0.2) is 49.1 Å². The molecule has 0 saturated carbocycles. The number of piperazine rings is 1. The van der Waals surface area contributed by atoms with Crippen LogP contribution in [0.3, 0.4) is 0 Å². The van der Waals surface area contributed by atoms with Crippen LogP contribution in [0.5, 0.6) is 0 Å². The lowest BCUT2D eigenvalue weighted by atomic mass is 9.96.